The van der Waals surface area contributed by atoms with E-state index in [9.17, 15) is 4.79 Å². The predicted octanol–water partition coefficient (Wildman–Crippen LogP) is 6.14. The summed E-state index contributed by atoms with van der Waals surface area (Å²) < 4.78 is 2.47. The lowest BCUT2D eigenvalue weighted by atomic mass is 9.92. The van der Waals surface area contributed by atoms with E-state index >= 15 is 0 Å². The van der Waals surface area contributed by atoms with Gasteiger partial charge in [0.05, 0.1) is 28.5 Å². The van der Waals surface area contributed by atoms with Gasteiger partial charge in [-0.1, -0.05) is 38.0 Å². The molecule has 1 atom stereocenters. The van der Waals surface area contributed by atoms with Crippen molar-refractivity contribution in [1.29, 1.82) is 0 Å². The highest BCUT2D eigenvalue weighted by molar-refractivity contribution is 9.10. The Labute approximate surface area is 219 Å². The fraction of sp³-hybridized carbons (Fsp3) is 0.407. The van der Waals surface area contributed by atoms with E-state index in [-0.39, 0.29) is 11.8 Å². The van der Waals surface area contributed by atoms with Crippen LogP contribution in [0.1, 0.15) is 64.0 Å². The zero-order chi connectivity index (χ0) is 25.7. The first kappa shape index (κ1) is 26.0. The number of unbranched alkanes of at least 4 members (excludes halogenated alkanes) is 1. The molecule has 0 bridgehead atoms. The number of halogens is 1. The molecule has 36 heavy (non-hydrogen) atoms. The predicted molar refractivity (Wildman–Crippen MR) is 146 cm³/mol. The van der Waals surface area contributed by atoms with E-state index in [0.29, 0.717) is 18.8 Å². The van der Waals surface area contributed by atoms with Crippen molar-refractivity contribution in [3.8, 4) is 11.1 Å². The molecule has 3 aromatic heterocycles. The number of aromatic nitrogens is 4. The number of hydrogen-bond donors (Lipinski definition) is 1. The fourth-order valence-corrected chi connectivity index (χ4v) is 5.14. The Kier molecular flexibility index (Phi) is 8.53. The Morgan fingerprint density at radius 2 is 2.00 bits per heavy atom. The third-order valence-electron chi connectivity index (χ3n) is 6.44. The van der Waals surface area contributed by atoms with Gasteiger partial charge in [0.2, 0.25) is 5.91 Å². The number of nitrogens with zero attached hydrogens (tertiary/aromatic N) is 5. The minimum absolute atomic E-state index is 0.00163. The highest BCUT2D eigenvalue weighted by Crippen LogP contribution is 2.37. The number of nitrogens with two attached hydrogens (primary N) is 1. The second-order valence-corrected chi connectivity index (χ2v) is 9.74. The van der Waals surface area contributed by atoms with E-state index in [2.05, 4.69) is 45.1 Å². The topological polar surface area (TPSA) is 98.6 Å². The average Bonchev–Trinajstić information content (AvgIpc) is 3.32. The number of hydrogen-bond acceptors (Lipinski definition) is 6. The molecule has 2 N–H and O–H groups in total. The van der Waals surface area contributed by atoms with Gasteiger partial charge in [0.25, 0.3) is 0 Å². The van der Waals surface area contributed by atoms with Crippen molar-refractivity contribution < 1.29 is 9.63 Å². The van der Waals surface area contributed by atoms with Crippen molar-refractivity contribution >= 4 is 44.2 Å². The van der Waals surface area contributed by atoms with Crippen LogP contribution in [0.2, 0.25) is 0 Å². The highest BCUT2D eigenvalue weighted by Gasteiger charge is 2.22. The van der Waals surface area contributed by atoms with Gasteiger partial charge in [0, 0.05) is 42.1 Å². The zero-order valence-electron chi connectivity index (χ0n) is 21.1. The molecule has 0 spiro atoms. The van der Waals surface area contributed by atoms with E-state index in [1.165, 1.54) is 5.06 Å². The molecule has 1 unspecified atom stereocenters. The van der Waals surface area contributed by atoms with Crippen LogP contribution < -0.4 is 5.73 Å². The normalized spacial score (nSPS) is 12.3. The number of hydroxylamine groups is 2. The number of benzene rings is 1. The number of carbonyl (C=O) groups excluding carboxylic acids is 1. The number of para-hydroxylation sites is 1. The Hall–Kier alpha value is -3.04. The van der Waals surface area contributed by atoms with Crippen LogP contribution in [0, 0.1) is 0 Å². The van der Waals surface area contributed by atoms with Gasteiger partial charge in [-0.3, -0.25) is 14.6 Å². The lowest BCUT2D eigenvalue weighted by Gasteiger charge is -2.19. The fourth-order valence-electron chi connectivity index (χ4n) is 4.56. The van der Waals surface area contributed by atoms with Gasteiger partial charge >= 0.3 is 0 Å². The molecule has 4 rings (SSSR count). The van der Waals surface area contributed by atoms with Crippen LogP contribution in [0.3, 0.4) is 0 Å². The largest absolute Gasteiger partial charge is 0.383 e. The molecule has 1 aromatic carbocycles. The van der Waals surface area contributed by atoms with Crippen LogP contribution in [0.5, 0.6) is 0 Å². The summed E-state index contributed by atoms with van der Waals surface area (Å²) in [6.45, 7) is 4.53. The molecule has 190 valence electrons. The minimum atomic E-state index is 0.00163. The molecule has 3 heterocycles. The van der Waals surface area contributed by atoms with Crippen molar-refractivity contribution in [3.05, 3.63) is 52.9 Å². The number of amides is 1. The van der Waals surface area contributed by atoms with Crippen molar-refractivity contribution in [2.24, 2.45) is 0 Å². The lowest BCUT2D eigenvalue weighted by molar-refractivity contribution is -0.176. The summed E-state index contributed by atoms with van der Waals surface area (Å²) in [7, 11) is 1.67. The van der Waals surface area contributed by atoms with Gasteiger partial charge in [-0.25, -0.2) is 10.0 Å². The molecule has 0 radical (unpaired) electrons. The first-order valence-electron chi connectivity index (χ1n) is 12.5. The van der Waals surface area contributed by atoms with Gasteiger partial charge in [0.1, 0.15) is 5.82 Å². The van der Waals surface area contributed by atoms with Gasteiger partial charge in [-0.2, -0.15) is 9.61 Å². The highest BCUT2D eigenvalue weighted by atomic mass is 79.9. The molecule has 0 aliphatic rings. The van der Waals surface area contributed by atoms with Crippen LogP contribution in [0.15, 0.2) is 47.2 Å². The minimum Gasteiger partial charge on any atom is -0.383 e. The van der Waals surface area contributed by atoms with E-state index in [1.807, 2.05) is 31.3 Å². The first-order valence-corrected chi connectivity index (χ1v) is 13.3. The van der Waals surface area contributed by atoms with Gasteiger partial charge in [-0.15, -0.1) is 0 Å². The van der Waals surface area contributed by atoms with E-state index in [1.54, 1.807) is 17.8 Å². The first-order chi connectivity index (χ1) is 17.4. The molecule has 1 amide bonds. The van der Waals surface area contributed by atoms with Gasteiger partial charge in [-0.05, 0) is 54.2 Å². The standard InChI is InChI=1S/C27H33BrN6O2/c1-4-10-18(11-7-9-14-23(35)33(3)36-5-2)25-24(28)26(29)34-27(32-25)21(17-31-34)20-15-19-12-6-8-13-22(19)30-16-20/h6,8,12-13,15-18H,4-5,7,9-11,14,29H2,1-3H3. The van der Waals surface area contributed by atoms with Gasteiger partial charge < -0.3 is 5.73 Å². The Balaban J connectivity index is 1.60. The number of rotatable bonds is 11. The number of anilines is 1. The van der Waals surface area contributed by atoms with Crippen molar-refractivity contribution in [3.63, 3.8) is 0 Å². The van der Waals surface area contributed by atoms with Crippen LogP contribution in [-0.4, -0.2) is 44.2 Å². The van der Waals surface area contributed by atoms with Gasteiger partial charge in [0.15, 0.2) is 5.65 Å². The second-order valence-electron chi connectivity index (χ2n) is 8.95. The smallest absolute Gasteiger partial charge is 0.245 e. The van der Waals surface area contributed by atoms with E-state index in [0.717, 1.165) is 69.9 Å². The lowest BCUT2D eigenvalue weighted by Crippen LogP contribution is -2.26. The number of nitrogen functional groups attached to an aromatic ring is 1. The summed E-state index contributed by atoms with van der Waals surface area (Å²) in [6.07, 6.45) is 8.76. The van der Waals surface area contributed by atoms with Crippen LogP contribution in [0.4, 0.5) is 5.82 Å². The number of pyridine rings is 1. The van der Waals surface area contributed by atoms with Crippen molar-refractivity contribution in [1.82, 2.24) is 24.6 Å². The van der Waals surface area contributed by atoms with Crippen molar-refractivity contribution in [2.45, 2.75) is 58.3 Å². The van der Waals surface area contributed by atoms with Crippen LogP contribution >= 0.6 is 15.9 Å². The Morgan fingerprint density at radius 1 is 1.19 bits per heavy atom. The average molecular weight is 554 g/mol. The molecule has 0 aliphatic carbocycles. The maximum absolute atomic E-state index is 12.2. The Morgan fingerprint density at radius 3 is 2.78 bits per heavy atom. The molecule has 0 fully saturated rings. The molecule has 8 nitrogen and oxygen atoms in total. The summed E-state index contributed by atoms with van der Waals surface area (Å²) in [5.74, 6) is 0.750. The number of fused-ring (bicyclic) bond motifs is 2. The summed E-state index contributed by atoms with van der Waals surface area (Å²) in [6, 6.07) is 10.2. The maximum Gasteiger partial charge on any atom is 0.245 e. The molecular formula is C27H33BrN6O2. The SMILES string of the molecule is CCCC(CCCCC(=O)N(C)OCC)c1nc2c(-c3cnc4ccccc4c3)cnn2c(N)c1Br. The zero-order valence-corrected chi connectivity index (χ0v) is 22.7. The Bertz CT molecular complexity index is 1360. The third kappa shape index (κ3) is 5.52. The van der Waals surface area contributed by atoms with E-state index < -0.39 is 0 Å². The molecule has 0 saturated carbocycles. The summed E-state index contributed by atoms with van der Waals surface area (Å²) in [5, 5.41) is 6.92. The molecule has 0 aliphatic heterocycles. The summed E-state index contributed by atoms with van der Waals surface area (Å²) in [4.78, 5) is 27.2. The van der Waals surface area contributed by atoms with E-state index in [4.69, 9.17) is 15.6 Å². The summed E-state index contributed by atoms with van der Waals surface area (Å²) in [5.41, 5.74) is 11.0. The maximum atomic E-state index is 12.2. The second kappa shape index (κ2) is 11.8. The summed E-state index contributed by atoms with van der Waals surface area (Å²) >= 11 is 3.70. The van der Waals surface area contributed by atoms with Crippen LogP contribution in [-0.2, 0) is 9.63 Å². The molecule has 4 aromatic rings. The van der Waals surface area contributed by atoms with Crippen LogP contribution in [0.25, 0.3) is 27.7 Å². The molecular weight excluding hydrogens is 520 g/mol. The third-order valence-corrected chi connectivity index (χ3v) is 7.25. The monoisotopic (exact) mass is 552 g/mol. The van der Waals surface area contributed by atoms with Crippen molar-refractivity contribution in [2.75, 3.05) is 19.4 Å². The molecule has 0 saturated heterocycles. The number of carbonyl (C=O) groups is 1. The quantitative estimate of drug-likeness (QED) is 0.177. The molecule has 9 heteroatoms.